The Morgan fingerprint density at radius 1 is 1.55 bits per heavy atom. The third-order valence-corrected chi connectivity index (χ3v) is 3.52. The SMILES string of the molecule is C=CCN1C(=O)/C(=C/c2ccco2)N=C1SC/C=C/C. The van der Waals surface area contributed by atoms with Gasteiger partial charge in [-0.15, -0.1) is 6.58 Å². The van der Waals surface area contributed by atoms with Gasteiger partial charge in [-0.1, -0.05) is 30.0 Å². The van der Waals surface area contributed by atoms with Crippen molar-refractivity contribution in [2.45, 2.75) is 6.92 Å². The van der Waals surface area contributed by atoms with Crippen LogP contribution in [0.25, 0.3) is 6.08 Å². The van der Waals surface area contributed by atoms with Gasteiger partial charge in [0.2, 0.25) is 0 Å². The van der Waals surface area contributed by atoms with Crippen molar-refractivity contribution < 1.29 is 9.21 Å². The Hall–Kier alpha value is -2.01. The van der Waals surface area contributed by atoms with Gasteiger partial charge in [0.25, 0.3) is 5.91 Å². The van der Waals surface area contributed by atoms with Crippen LogP contribution in [-0.4, -0.2) is 28.3 Å². The predicted octanol–water partition coefficient (Wildman–Crippen LogP) is 3.31. The van der Waals surface area contributed by atoms with E-state index >= 15 is 0 Å². The number of rotatable bonds is 5. The number of nitrogens with zero attached hydrogens (tertiary/aromatic N) is 2. The van der Waals surface area contributed by atoms with E-state index in [0.717, 1.165) is 5.75 Å². The van der Waals surface area contributed by atoms with Crippen molar-refractivity contribution in [2.75, 3.05) is 12.3 Å². The van der Waals surface area contributed by atoms with E-state index < -0.39 is 0 Å². The zero-order valence-corrected chi connectivity index (χ0v) is 12.1. The topological polar surface area (TPSA) is 45.8 Å². The fourth-order valence-electron chi connectivity index (χ4n) is 1.66. The molecule has 4 nitrogen and oxygen atoms in total. The van der Waals surface area contributed by atoms with Gasteiger partial charge < -0.3 is 4.42 Å². The molecule has 0 aliphatic carbocycles. The molecule has 0 fully saturated rings. The molecule has 2 rings (SSSR count). The fraction of sp³-hybridized carbons (Fsp3) is 0.200. The molecule has 0 bridgehead atoms. The average molecular weight is 288 g/mol. The van der Waals surface area contributed by atoms with Gasteiger partial charge in [-0.05, 0) is 19.1 Å². The number of allylic oxidation sites excluding steroid dienone is 1. The van der Waals surface area contributed by atoms with E-state index in [0.29, 0.717) is 23.2 Å². The molecule has 0 atom stereocenters. The molecule has 0 aromatic carbocycles. The molecular weight excluding hydrogens is 272 g/mol. The van der Waals surface area contributed by atoms with E-state index in [-0.39, 0.29) is 5.91 Å². The largest absolute Gasteiger partial charge is 0.465 e. The van der Waals surface area contributed by atoms with E-state index in [2.05, 4.69) is 11.6 Å². The first-order chi connectivity index (χ1) is 9.76. The van der Waals surface area contributed by atoms with E-state index in [9.17, 15) is 4.79 Å². The number of thioether (sulfide) groups is 1. The summed E-state index contributed by atoms with van der Waals surface area (Å²) in [5.74, 6) is 1.28. The third-order valence-electron chi connectivity index (χ3n) is 2.59. The maximum Gasteiger partial charge on any atom is 0.278 e. The zero-order valence-electron chi connectivity index (χ0n) is 11.3. The van der Waals surface area contributed by atoms with E-state index in [4.69, 9.17) is 4.42 Å². The van der Waals surface area contributed by atoms with Crippen molar-refractivity contribution in [3.05, 3.63) is 54.7 Å². The van der Waals surface area contributed by atoms with E-state index in [1.165, 1.54) is 11.8 Å². The minimum Gasteiger partial charge on any atom is -0.465 e. The smallest absolute Gasteiger partial charge is 0.278 e. The Balaban J connectivity index is 2.21. The summed E-state index contributed by atoms with van der Waals surface area (Å²) in [6.45, 7) is 6.10. The first-order valence-corrected chi connectivity index (χ1v) is 7.25. The molecule has 1 amide bonds. The Kier molecular flexibility index (Phi) is 5.01. The molecule has 0 N–H and O–H groups in total. The van der Waals surface area contributed by atoms with Crippen LogP contribution in [0.1, 0.15) is 12.7 Å². The molecule has 0 unspecified atom stereocenters. The molecule has 1 aliphatic heterocycles. The third kappa shape index (κ3) is 3.30. The van der Waals surface area contributed by atoms with Gasteiger partial charge in [0.15, 0.2) is 5.17 Å². The summed E-state index contributed by atoms with van der Waals surface area (Å²) in [6.07, 6.45) is 8.92. The van der Waals surface area contributed by atoms with E-state index in [1.54, 1.807) is 35.4 Å². The summed E-state index contributed by atoms with van der Waals surface area (Å²) in [7, 11) is 0. The standard InChI is InChI=1S/C15H16N2O2S/c1-3-5-10-20-15-16-13(11-12-7-6-9-19-12)14(18)17(15)8-4-2/h3-7,9,11H,2,8,10H2,1H3/b5-3+,13-11-. The van der Waals surface area contributed by atoms with Crippen molar-refractivity contribution >= 4 is 28.9 Å². The van der Waals surface area contributed by atoms with Gasteiger partial charge in [-0.25, -0.2) is 4.99 Å². The number of amides is 1. The Morgan fingerprint density at radius 2 is 2.40 bits per heavy atom. The Labute approximate surface area is 122 Å². The van der Waals surface area contributed by atoms with Crippen LogP contribution in [0.3, 0.4) is 0 Å². The number of carbonyl (C=O) groups is 1. The summed E-state index contributed by atoms with van der Waals surface area (Å²) >= 11 is 1.53. The van der Waals surface area contributed by atoms with Gasteiger partial charge in [-0.3, -0.25) is 9.69 Å². The normalized spacial score (nSPS) is 17.2. The Morgan fingerprint density at radius 3 is 3.05 bits per heavy atom. The number of hydrogen-bond acceptors (Lipinski definition) is 4. The van der Waals surface area contributed by atoms with Crippen molar-refractivity contribution in [2.24, 2.45) is 4.99 Å². The van der Waals surface area contributed by atoms with E-state index in [1.807, 2.05) is 19.1 Å². The summed E-state index contributed by atoms with van der Waals surface area (Å²) in [4.78, 5) is 18.3. The highest BCUT2D eigenvalue weighted by molar-refractivity contribution is 8.14. The molecule has 5 heteroatoms. The molecule has 0 saturated heterocycles. The predicted molar refractivity (Wildman–Crippen MR) is 83.3 cm³/mol. The maximum absolute atomic E-state index is 12.3. The summed E-state index contributed by atoms with van der Waals surface area (Å²) in [5, 5.41) is 0.700. The lowest BCUT2D eigenvalue weighted by atomic mass is 10.3. The van der Waals surface area contributed by atoms with Crippen LogP contribution in [-0.2, 0) is 4.79 Å². The van der Waals surface area contributed by atoms with Crippen LogP contribution < -0.4 is 0 Å². The van der Waals surface area contributed by atoms with Crippen LogP contribution in [0.5, 0.6) is 0 Å². The highest BCUT2D eigenvalue weighted by Crippen LogP contribution is 2.24. The van der Waals surface area contributed by atoms with Gasteiger partial charge in [0.05, 0.1) is 6.26 Å². The number of amidine groups is 1. The van der Waals surface area contributed by atoms with Crippen molar-refractivity contribution in [1.29, 1.82) is 0 Å². The summed E-state index contributed by atoms with van der Waals surface area (Å²) in [5.41, 5.74) is 0.393. The van der Waals surface area contributed by atoms with Crippen LogP contribution >= 0.6 is 11.8 Å². The summed E-state index contributed by atoms with van der Waals surface area (Å²) < 4.78 is 5.22. The minimum atomic E-state index is -0.121. The monoisotopic (exact) mass is 288 g/mol. The van der Waals surface area contributed by atoms with Gasteiger partial charge in [-0.2, -0.15) is 0 Å². The quantitative estimate of drug-likeness (QED) is 0.617. The van der Waals surface area contributed by atoms with Crippen LogP contribution in [0.4, 0.5) is 0 Å². The van der Waals surface area contributed by atoms with Crippen molar-refractivity contribution in [3.63, 3.8) is 0 Å². The number of hydrogen-bond donors (Lipinski definition) is 0. The maximum atomic E-state index is 12.3. The number of furan rings is 1. The number of carbonyl (C=O) groups excluding carboxylic acids is 1. The van der Waals surface area contributed by atoms with Gasteiger partial charge >= 0.3 is 0 Å². The molecule has 0 radical (unpaired) electrons. The lowest BCUT2D eigenvalue weighted by molar-refractivity contribution is -0.122. The summed E-state index contributed by atoms with van der Waals surface area (Å²) in [6, 6.07) is 3.57. The molecule has 1 aromatic heterocycles. The highest BCUT2D eigenvalue weighted by atomic mass is 32.2. The molecule has 20 heavy (non-hydrogen) atoms. The van der Waals surface area contributed by atoms with Crippen LogP contribution in [0.2, 0.25) is 0 Å². The fourth-order valence-corrected chi connectivity index (χ4v) is 2.57. The second-order valence-corrected chi connectivity index (χ2v) is 5.01. The average Bonchev–Trinajstić information content (AvgIpc) is 3.04. The second kappa shape index (κ2) is 6.96. The highest BCUT2D eigenvalue weighted by Gasteiger charge is 2.29. The van der Waals surface area contributed by atoms with Crippen LogP contribution in [0, 0.1) is 0 Å². The number of aliphatic imine (C=N–C) groups is 1. The molecular formula is C15H16N2O2S. The van der Waals surface area contributed by atoms with Crippen molar-refractivity contribution in [1.82, 2.24) is 4.90 Å². The lowest BCUT2D eigenvalue weighted by Crippen LogP contribution is -2.30. The van der Waals surface area contributed by atoms with Crippen molar-refractivity contribution in [3.8, 4) is 0 Å². The molecule has 0 spiro atoms. The first kappa shape index (κ1) is 14.4. The minimum absolute atomic E-state index is 0.121. The van der Waals surface area contributed by atoms with Gasteiger partial charge in [0, 0.05) is 18.4 Å². The Bertz CT molecular complexity index is 571. The molecule has 1 aromatic rings. The molecule has 1 aliphatic rings. The van der Waals surface area contributed by atoms with Gasteiger partial charge in [0.1, 0.15) is 11.5 Å². The van der Waals surface area contributed by atoms with Crippen LogP contribution in [0.15, 0.2) is 58.3 Å². The lowest BCUT2D eigenvalue weighted by Gasteiger charge is -2.14. The second-order valence-electron chi connectivity index (χ2n) is 4.02. The molecule has 2 heterocycles. The molecule has 0 saturated carbocycles. The first-order valence-electron chi connectivity index (χ1n) is 6.27. The molecule has 104 valence electrons. The zero-order chi connectivity index (χ0) is 14.4.